The zero-order valence-electron chi connectivity index (χ0n) is 17.9. The third-order valence-corrected chi connectivity index (χ3v) is 8.11. The minimum Gasteiger partial charge on any atom is -0.356 e. The molecule has 1 atom stereocenters. The van der Waals surface area contributed by atoms with Gasteiger partial charge in [0.25, 0.3) is 5.56 Å². The van der Waals surface area contributed by atoms with Gasteiger partial charge in [-0.25, -0.2) is 4.98 Å². The molecule has 5 rings (SSSR count). The van der Waals surface area contributed by atoms with E-state index in [-0.39, 0.29) is 29.7 Å². The number of amides is 2. The number of fused-ring (bicyclic) bond motifs is 3. The molecule has 0 spiro atoms. The zero-order chi connectivity index (χ0) is 21.4. The van der Waals surface area contributed by atoms with E-state index in [1.54, 1.807) is 27.1 Å². The highest BCUT2D eigenvalue weighted by Gasteiger charge is 2.30. The van der Waals surface area contributed by atoms with E-state index in [9.17, 15) is 14.4 Å². The Morgan fingerprint density at radius 2 is 2.00 bits per heavy atom. The molecule has 2 amide bonds. The lowest BCUT2D eigenvalue weighted by Gasteiger charge is -2.32. The average molecular weight is 443 g/mol. The van der Waals surface area contributed by atoms with Crippen LogP contribution in [0, 0.1) is 11.8 Å². The molecular weight excluding hydrogens is 412 g/mol. The Morgan fingerprint density at radius 3 is 2.84 bits per heavy atom. The SMILES string of the molecule is O=C(NCC1CC1)C1CCCN(C(=O)CCn2cnc3sc4c(c3c2=O)CCCC4)C1. The van der Waals surface area contributed by atoms with Crippen molar-refractivity contribution in [2.75, 3.05) is 19.6 Å². The van der Waals surface area contributed by atoms with E-state index < -0.39 is 0 Å². The van der Waals surface area contributed by atoms with Gasteiger partial charge in [0.2, 0.25) is 11.8 Å². The molecule has 1 unspecified atom stereocenters. The molecule has 0 bridgehead atoms. The Hall–Kier alpha value is -2.22. The summed E-state index contributed by atoms with van der Waals surface area (Å²) in [5.74, 6) is 0.634. The summed E-state index contributed by atoms with van der Waals surface area (Å²) in [6.07, 6.45) is 10.2. The Morgan fingerprint density at radius 1 is 1.16 bits per heavy atom. The first-order valence-corrected chi connectivity index (χ1v) is 12.5. The number of thiophene rings is 1. The van der Waals surface area contributed by atoms with E-state index in [0.717, 1.165) is 48.9 Å². The van der Waals surface area contributed by atoms with Gasteiger partial charge in [-0.15, -0.1) is 11.3 Å². The molecule has 31 heavy (non-hydrogen) atoms. The number of aryl methyl sites for hydroxylation is 3. The minimum atomic E-state index is -0.116. The van der Waals surface area contributed by atoms with Gasteiger partial charge in [0.05, 0.1) is 17.6 Å². The van der Waals surface area contributed by atoms with E-state index in [2.05, 4.69) is 10.3 Å². The van der Waals surface area contributed by atoms with Crippen LogP contribution in [0.4, 0.5) is 0 Å². The molecule has 1 saturated heterocycles. The van der Waals surface area contributed by atoms with Crippen molar-refractivity contribution in [3.63, 3.8) is 0 Å². The number of hydrogen-bond donors (Lipinski definition) is 1. The summed E-state index contributed by atoms with van der Waals surface area (Å²) >= 11 is 1.64. The largest absolute Gasteiger partial charge is 0.356 e. The van der Waals surface area contributed by atoms with Gasteiger partial charge in [0, 0.05) is 37.5 Å². The number of rotatable bonds is 6. The van der Waals surface area contributed by atoms with Crippen molar-refractivity contribution in [3.8, 4) is 0 Å². The summed E-state index contributed by atoms with van der Waals surface area (Å²) in [6, 6.07) is 0. The molecule has 0 aromatic carbocycles. The second-order valence-corrected chi connectivity index (χ2v) is 10.3. The second kappa shape index (κ2) is 8.73. The molecule has 0 radical (unpaired) electrons. The molecular formula is C23H30N4O3S. The molecule has 166 valence electrons. The maximum atomic E-state index is 13.1. The number of piperidine rings is 1. The molecule has 3 aliphatic rings. The van der Waals surface area contributed by atoms with Crippen LogP contribution >= 0.6 is 11.3 Å². The predicted molar refractivity (Wildman–Crippen MR) is 120 cm³/mol. The van der Waals surface area contributed by atoms with Crippen molar-refractivity contribution in [2.45, 2.75) is 64.3 Å². The number of carbonyl (C=O) groups excluding carboxylic acids is 2. The van der Waals surface area contributed by atoms with E-state index in [4.69, 9.17) is 0 Å². The van der Waals surface area contributed by atoms with Gasteiger partial charge in [-0.3, -0.25) is 19.0 Å². The lowest BCUT2D eigenvalue weighted by atomic mass is 9.96. The van der Waals surface area contributed by atoms with Gasteiger partial charge in [-0.1, -0.05) is 0 Å². The van der Waals surface area contributed by atoms with Gasteiger partial charge >= 0.3 is 0 Å². The van der Waals surface area contributed by atoms with Crippen LogP contribution in [-0.2, 0) is 29.0 Å². The topological polar surface area (TPSA) is 84.3 Å². The van der Waals surface area contributed by atoms with E-state index in [1.165, 1.54) is 29.7 Å². The monoisotopic (exact) mass is 442 g/mol. The van der Waals surface area contributed by atoms with Crippen molar-refractivity contribution in [1.29, 1.82) is 0 Å². The molecule has 1 saturated carbocycles. The Labute approximate surface area is 185 Å². The standard InChI is InChI=1S/C23H30N4O3S/c28-19(26-10-3-4-16(13-26)21(29)24-12-15-7-8-15)9-11-27-14-25-22-20(23(27)30)17-5-1-2-6-18(17)31-22/h14-16H,1-13H2,(H,24,29). The number of aromatic nitrogens is 2. The first kappa shape index (κ1) is 20.7. The summed E-state index contributed by atoms with van der Waals surface area (Å²) < 4.78 is 1.59. The molecule has 1 N–H and O–H groups in total. The summed E-state index contributed by atoms with van der Waals surface area (Å²) in [7, 11) is 0. The smallest absolute Gasteiger partial charge is 0.262 e. The summed E-state index contributed by atoms with van der Waals surface area (Å²) in [5, 5.41) is 3.81. The predicted octanol–water partition coefficient (Wildman–Crippen LogP) is 2.49. The van der Waals surface area contributed by atoms with Crippen molar-refractivity contribution in [3.05, 3.63) is 27.1 Å². The highest BCUT2D eigenvalue weighted by Crippen LogP contribution is 2.33. The van der Waals surface area contributed by atoms with E-state index >= 15 is 0 Å². The van der Waals surface area contributed by atoms with Crippen molar-refractivity contribution < 1.29 is 9.59 Å². The van der Waals surface area contributed by atoms with Crippen LogP contribution in [0.1, 0.15) is 55.4 Å². The van der Waals surface area contributed by atoms with Crippen molar-refractivity contribution in [2.24, 2.45) is 11.8 Å². The van der Waals surface area contributed by atoms with Crippen LogP contribution in [0.5, 0.6) is 0 Å². The first-order valence-electron chi connectivity index (χ1n) is 11.7. The first-order chi connectivity index (χ1) is 15.1. The van der Waals surface area contributed by atoms with Crippen LogP contribution in [0.15, 0.2) is 11.1 Å². The fourth-order valence-corrected chi connectivity index (χ4v) is 6.06. The number of nitrogens with zero attached hydrogens (tertiary/aromatic N) is 3. The van der Waals surface area contributed by atoms with Gasteiger partial charge in [-0.2, -0.15) is 0 Å². The molecule has 2 aliphatic carbocycles. The second-order valence-electron chi connectivity index (χ2n) is 9.25. The lowest BCUT2D eigenvalue weighted by Crippen LogP contribution is -2.46. The van der Waals surface area contributed by atoms with Crippen molar-refractivity contribution >= 4 is 33.4 Å². The highest BCUT2D eigenvalue weighted by molar-refractivity contribution is 7.18. The summed E-state index contributed by atoms with van der Waals surface area (Å²) in [5.41, 5.74) is 1.16. The summed E-state index contributed by atoms with van der Waals surface area (Å²) in [4.78, 5) is 46.8. The third kappa shape index (κ3) is 4.40. The maximum Gasteiger partial charge on any atom is 0.262 e. The number of nitrogens with one attached hydrogen (secondary N) is 1. The maximum absolute atomic E-state index is 13.1. The number of hydrogen-bond acceptors (Lipinski definition) is 5. The Balaban J connectivity index is 1.22. The molecule has 2 fully saturated rings. The Kier molecular flexibility index (Phi) is 5.82. The van der Waals surface area contributed by atoms with Crippen LogP contribution in [0.2, 0.25) is 0 Å². The normalized spacial score (nSPS) is 21.2. The fourth-order valence-electron chi connectivity index (χ4n) is 4.84. The molecule has 1 aliphatic heterocycles. The lowest BCUT2D eigenvalue weighted by molar-refractivity contribution is -0.135. The van der Waals surface area contributed by atoms with Crippen LogP contribution in [-0.4, -0.2) is 45.9 Å². The molecule has 2 aromatic rings. The fraction of sp³-hybridized carbons (Fsp3) is 0.652. The van der Waals surface area contributed by atoms with Gasteiger partial charge in [0.15, 0.2) is 0 Å². The van der Waals surface area contributed by atoms with Crippen LogP contribution in [0.3, 0.4) is 0 Å². The quantitative estimate of drug-likeness (QED) is 0.745. The van der Waals surface area contributed by atoms with E-state index in [1.807, 2.05) is 0 Å². The minimum absolute atomic E-state index is 0.0130. The molecule has 3 heterocycles. The van der Waals surface area contributed by atoms with Gasteiger partial charge in [-0.05, 0) is 62.8 Å². The average Bonchev–Trinajstić information content (AvgIpc) is 3.55. The number of carbonyl (C=O) groups is 2. The number of likely N-dealkylation sites (tertiary alicyclic amines) is 1. The molecule has 7 nitrogen and oxygen atoms in total. The zero-order valence-corrected chi connectivity index (χ0v) is 18.7. The third-order valence-electron chi connectivity index (χ3n) is 6.92. The van der Waals surface area contributed by atoms with Crippen LogP contribution < -0.4 is 10.9 Å². The molecule has 2 aromatic heterocycles. The highest BCUT2D eigenvalue weighted by atomic mass is 32.1. The van der Waals surface area contributed by atoms with E-state index in [0.29, 0.717) is 25.6 Å². The van der Waals surface area contributed by atoms with Gasteiger partial charge < -0.3 is 10.2 Å². The Bertz CT molecular complexity index is 1060. The van der Waals surface area contributed by atoms with Crippen molar-refractivity contribution in [1.82, 2.24) is 19.8 Å². The summed E-state index contributed by atoms with van der Waals surface area (Å²) in [6.45, 7) is 2.28. The van der Waals surface area contributed by atoms with Crippen LogP contribution in [0.25, 0.3) is 10.2 Å². The van der Waals surface area contributed by atoms with Gasteiger partial charge in [0.1, 0.15) is 4.83 Å². The molecule has 8 heteroatoms.